The van der Waals surface area contributed by atoms with Gasteiger partial charge in [0.25, 0.3) is 0 Å². The quantitative estimate of drug-likeness (QED) is 0.105. The number of aliphatic hydroxyl groups is 1. The summed E-state index contributed by atoms with van der Waals surface area (Å²) in [6.45, 7) is 27.9. The first-order chi connectivity index (χ1) is 28.4. The van der Waals surface area contributed by atoms with E-state index in [9.17, 15) is 20.2 Å². The molecule has 0 atom stereocenters. The van der Waals surface area contributed by atoms with Crippen molar-refractivity contribution in [1.29, 1.82) is 0 Å². The molecule has 0 bridgehead atoms. The second-order valence-corrected chi connectivity index (χ2v) is 20.3. The van der Waals surface area contributed by atoms with E-state index in [1.807, 2.05) is 39.0 Å². The Morgan fingerprint density at radius 2 is 1.13 bits per heavy atom. The van der Waals surface area contributed by atoms with Crippen LogP contribution < -0.4 is 0 Å². The summed E-state index contributed by atoms with van der Waals surface area (Å²) in [6, 6.07) is 18.8. The van der Waals surface area contributed by atoms with Crippen LogP contribution in [0.1, 0.15) is 152 Å². The summed E-state index contributed by atoms with van der Waals surface area (Å²) in [7, 11) is 0. The molecule has 3 aromatic rings. The molecule has 2 saturated carbocycles. The second-order valence-electron chi connectivity index (χ2n) is 20.3. The molecule has 0 spiro atoms. The summed E-state index contributed by atoms with van der Waals surface area (Å²) in [5.41, 5.74) is 12.3. The van der Waals surface area contributed by atoms with E-state index in [1.54, 1.807) is 0 Å². The molecule has 5 heteroatoms. The van der Waals surface area contributed by atoms with Crippen LogP contribution in [0.4, 0.5) is 5.69 Å². The number of benzene rings is 3. The number of allylic oxidation sites excluding steroid dienone is 7. The van der Waals surface area contributed by atoms with Crippen molar-refractivity contribution in [2.45, 2.75) is 149 Å². The van der Waals surface area contributed by atoms with Crippen LogP contribution in [0.2, 0.25) is 0 Å². The number of hydrogen-bond acceptors (Lipinski definition) is 5. The van der Waals surface area contributed by atoms with Crippen LogP contribution in [0.5, 0.6) is 11.5 Å². The van der Waals surface area contributed by atoms with E-state index in [4.69, 9.17) is 0 Å². The molecule has 3 aliphatic rings. The van der Waals surface area contributed by atoms with Crippen LogP contribution in [0.25, 0.3) is 0 Å². The summed E-state index contributed by atoms with van der Waals surface area (Å²) in [5.74, 6) is 2.59. The molecular weight excluding hydrogens is 739 g/mol. The lowest BCUT2D eigenvalue weighted by molar-refractivity contribution is 0.0356. The Kier molecular flexibility index (Phi) is 13.6. The molecule has 320 valence electrons. The summed E-state index contributed by atoms with van der Waals surface area (Å²) in [4.78, 5) is 12.0. The van der Waals surface area contributed by atoms with Gasteiger partial charge in [-0.25, -0.2) is 0 Å². The average Bonchev–Trinajstić information content (AvgIpc) is 3.19. The number of phenols is 2. The van der Waals surface area contributed by atoms with Gasteiger partial charge in [-0.05, 0) is 190 Å². The average molecular weight is 810 g/mol. The van der Waals surface area contributed by atoms with Gasteiger partial charge in [-0.2, -0.15) is 0 Å². The molecule has 0 aromatic heterocycles. The molecule has 0 radical (unpaired) electrons. The fraction of sp³-hybridized carbons (Fsp3) is 0.491. The maximum Gasteiger partial charge on any atom is 0.119 e. The molecular formula is C55H71NO4. The summed E-state index contributed by atoms with van der Waals surface area (Å²) >= 11 is 0. The fourth-order valence-corrected chi connectivity index (χ4v) is 11.5. The van der Waals surface area contributed by atoms with Crippen molar-refractivity contribution < 1.29 is 15.3 Å². The Morgan fingerprint density at radius 3 is 1.60 bits per heavy atom. The van der Waals surface area contributed by atoms with Crippen molar-refractivity contribution in [3.63, 3.8) is 0 Å². The van der Waals surface area contributed by atoms with Gasteiger partial charge in [0, 0.05) is 17.3 Å². The third-order valence-electron chi connectivity index (χ3n) is 14.8. The van der Waals surface area contributed by atoms with Crippen molar-refractivity contribution in [1.82, 2.24) is 0 Å². The Bertz CT molecular complexity index is 2180. The monoisotopic (exact) mass is 810 g/mol. The standard InChI is InChI=1S/C55H71NO4/c1-35(2)27-39-31-45(11-15-49(39)56-60)54(46-12-16-50(57)40(32-46)28-36(3)4)23-19-43(20-24-54)53(9,10)44-21-25-55(26-22-44,47-13-17-51(58)41(33-47)29-37(5)6)48-14-18-52(59)42(34-48)30-38(7)8/h11-13,15-17,31-35,43-44,57-59H,3,5,7,14,18-30H2,1-2,4,6,8-10H3. The van der Waals surface area contributed by atoms with Gasteiger partial charge in [0.2, 0.25) is 0 Å². The molecule has 60 heavy (non-hydrogen) atoms. The second kappa shape index (κ2) is 18.1. The minimum atomic E-state index is -0.257. The molecule has 0 saturated heterocycles. The Hall–Kier alpha value is -4.64. The highest BCUT2D eigenvalue weighted by Crippen LogP contribution is 2.58. The molecule has 0 amide bonds. The largest absolute Gasteiger partial charge is 0.512 e. The lowest BCUT2D eigenvalue weighted by Gasteiger charge is -2.52. The number of aromatic hydroxyl groups is 2. The third-order valence-corrected chi connectivity index (χ3v) is 14.8. The number of nitrogens with zero attached hydrogens (tertiary/aromatic N) is 1. The first-order valence-electron chi connectivity index (χ1n) is 22.5. The van der Waals surface area contributed by atoms with E-state index in [0.717, 1.165) is 103 Å². The van der Waals surface area contributed by atoms with E-state index in [2.05, 4.69) is 95.1 Å². The van der Waals surface area contributed by atoms with E-state index in [-0.39, 0.29) is 16.2 Å². The zero-order valence-corrected chi connectivity index (χ0v) is 37.7. The third kappa shape index (κ3) is 9.31. The number of aliphatic hydroxyl groups excluding tert-OH is 1. The molecule has 3 aliphatic carbocycles. The Morgan fingerprint density at radius 1 is 0.683 bits per heavy atom. The van der Waals surface area contributed by atoms with Gasteiger partial charge >= 0.3 is 0 Å². The predicted octanol–water partition coefficient (Wildman–Crippen LogP) is 15.1. The van der Waals surface area contributed by atoms with E-state index < -0.39 is 0 Å². The van der Waals surface area contributed by atoms with Crippen molar-refractivity contribution in [2.75, 3.05) is 0 Å². The van der Waals surface area contributed by atoms with Gasteiger partial charge < -0.3 is 15.3 Å². The smallest absolute Gasteiger partial charge is 0.119 e. The number of hydrogen-bond donors (Lipinski definition) is 3. The summed E-state index contributed by atoms with van der Waals surface area (Å²) in [5, 5.41) is 36.3. The van der Waals surface area contributed by atoms with Gasteiger partial charge in [-0.1, -0.05) is 112 Å². The summed E-state index contributed by atoms with van der Waals surface area (Å²) < 4.78 is 0. The molecule has 3 N–H and O–H groups in total. The van der Waals surface area contributed by atoms with Gasteiger partial charge in [0.15, 0.2) is 0 Å². The zero-order valence-electron chi connectivity index (χ0n) is 37.7. The first kappa shape index (κ1) is 44.9. The fourth-order valence-electron chi connectivity index (χ4n) is 11.5. The van der Waals surface area contributed by atoms with Gasteiger partial charge in [0.05, 0.1) is 5.76 Å². The maximum absolute atomic E-state index is 12.0. The maximum atomic E-state index is 12.0. The molecule has 6 rings (SSSR count). The van der Waals surface area contributed by atoms with Crippen molar-refractivity contribution in [3.8, 4) is 11.5 Å². The van der Waals surface area contributed by atoms with Crippen LogP contribution in [-0.4, -0.2) is 15.3 Å². The topological polar surface area (TPSA) is 90.1 Å². The van der Waals surface area contributed by atoms with E-state index in [1.165, 1.54) is 22.3 Å². The van der Waals surface area contributed by atoms with Crippen LogP contribution >= 0.6 is 0 Å². The zero-order chi connectivity index (χ0) is 43.6. The van der Waals surface area contributed by atoms with Crippen LogP contribution in [0, 0.1) is 28.1 Å². The minimum Gasteiger partial charge on any atom is -0.512 e. The Labute approximate surface area is 361 Å². The van der Waals surface area contributed by atoms with Crippen LogP contribution in [0.3, 0.4) is 0 Å². The molecule has 2 fully saturated rings. The Balaban J connectivity index is 1.32. The van der Waals surface area contributed by atoms with Gasteiger partial charge in [0.1, 0.15) is 17.2 Å². The lowest BCUT2D eigenvalue weighted by Crippen LogP contribution is -2.43. The molecule has 0 heterocycles. The lowest BCUT2D eigenvalue weighted by atomic mass is 9.52. The van der Waals surface area contributed by atoms with Crippen molar-refractivity contribution >= 4 is 5.69 Å². The molecule has 0 aliphatic heterocycles. The first-order valence-corrected chi connectivity index (χ1v) is 22.5. The van der Waals surface area contributed by atoms with Gasteiger partial charge in [-0.3, -0.25) is 0 Å². The predicted molar refractivity (Wildman–Crippen MR) is 250 cm³/mol. The number of phenolic OH excluding ortho intramolecular Hbond substituents is 2. The molecule has 0 unspecified atom stereocenters. The minimum absolute atomic E-state index is 0.108. The normalized spacial score (nSPS) is 23.6. The van der Waals surface area contributed by atoms with Crippen molar-refractivity contribution in [2.24, 2.45) is 28.3 Å². The van der Waals surface area contributed by atoms with Gasteiger partial charge in [-0.15, -0.1) is 4.91 Å². The number of nitroso groups, excluding NO2 is 1. The van der Waals surface area contributed by atoms with E-state index >= 15 is 0 Å². The van der Waals surface area contributed by atoms with Crippen LogP contribution in [0.15, 0.2) is 119 Å². The number of rotatable bonds is 15. The highest BCUT2D eigenvalue weighted by molar-refractivity contribution is 5.54. The van der Waals surface area contributed by atoms with E-state index in [0.29, 0.717) is 66.4 Å². The van der Waals surface area contributed by atoms with Crippen molar-refractivity contribution in [3.05, 3.63) is 152 Å². The molecule has 3 aromatic carbocycles. The highest BCUT2D eigenvalue weighted by Gasteiger charge is 2.49. The highest BCUT2D eigenvalue weighted by atomic mass is 16.3. The molecule has 5 nitrogen and oxygen atoms in total. The summed E-state index contributed by atoms with van der Waals surface area (Å²) in [6.07, 6.45) is 14.9. The van der Waals surface area contributed by atoms with Crippen LogP contribution in [-0.2, 0) is 30.1 Å². The SMILES string of the molecule is C=C(C)CC1=C(O)CCC(C2(c3ccc(O)c(CC(=C)C)c3)CCC(C(C)(C)C3CCC(c4ccc(O)c(CC(=C)C)c4)(c4ccc(N=O)c(CC(C)C)c4)CC3)CC2)=C1.